The number of hydrogen-bond acceptors (Lipinski definition) is 4. The van der Waals surface area contributed by atoms with Crippen molar-refractivity contribution in [3.8, 4) is 16.9 Å². The standard InChI is InChI=1S/C22H18N2O3/c1-14-23-18-9-6-10-19(21(18)27-14)24-22(25)16-11-12-20(26-2)17(13-16)15-7-4-3-5-8-15/h3-13H,1-2H3,(H,24,25). The van der Waals surface area contributed by atoms with Crippen molar-refractivity contribution in [2.75, 3.05) is 12.4 Å². The van der Waals surface area contributed by atoms with Gasteiger partial charge in [0.15, 0.2) is 11.5 Å². The molecule has 1 aromatic heterocycles. The fourth-order valence-electron chi connectivity index (χ4n) is 3.05. The molecular formula is C22H18N2O3. The highest BCUT2D eigenvalue weighted by Crippen LogP contribution is 2.31. The predicted octanol–water partition coefficient (Wildman–Crippen LogP) is 5.06. The van der Waals surface area contributed by atoms with Gasteiger partial charge in [0.1, 0.15) is 11.3 Å². The second kappa shape index (κ2) is 6.96. The van der Waals surface area contributed by atoms with Crippen LogP contribution in [0.15, 0.2) is 71.1 Å². The second-order valence-electron chi connectivity index (χ2n) is 6.12. The van der Waals surface area contributed by atoms with Crippen LogP contribution in [-0.4, -0.2) is 18.0 Å². The van der Waals surface area contributed by atoms with Crippen LogP contribution >= 0.6 is 0 Å². The molecule has 0 unspecified atom stereocenters. The van der Waals surface area contributed by atoms with Gasteiger partial charge in [-0.05, 0) is 35.9 Å². The number of ether oxygens (including phenoxy) is 1. The number of para-hydroxylation sites is 1. The SMILES string of the molecule is COc1ccc(C(=O)Nc2cccc3nc(C)oc23)cc1-c1ccccc1. The van der Waals surface area contributed by atoms with Crippen molar-refractivity contribution >= 4 is 22.7 Å². The quantitative estimate of drug-likeness (QED) is 0.553. The molecule has 0 saturated carbocycles. The Hall–Kier alpha value is -3.60. The van der Waals surface area contributed by atoms with E-state index in [0.717, 1.165) is 11.1 Å². The Morgan fingerprint density at radius 1 is 1.04 bits per heavy atom. The normalized spacial score (nSPS) is 10.7. The van der Waals surface area contributed by atoms with Crippen LogP contribution in [0.1, 0.15) is 16.2 Å². The average Bonchev–Trinajstić information content (AvgIpc) is 3.09. The van der Waals surface area contributed by atoms with E-state index >= 15 is 0 Å². The fraction of sp³-hybridized carbons (Fsp3) is 0.0909. The van der Waals surface area contributed by atoms with Crippen molar-refractivity contribution in [2.24, 2.45) is 0 Å². The summed E-state index contributed by atoms with van der Waals surface area (Å²) in [7, 11) is 1.62. The van der Waals surface area contributed by atoms with Crippen molar-refractivity contribution in [3.05, 3.63) is 78.2 Å². The Labute approximate surface area is 156 Å². The maximum absolute atomic E-state index is 12.8. The van der Waals surface area contributed by atoms with Crippen LogP contribution in [0, 0.1) is 6.92 Å². The third-order valence-electron chi connectivity index (χ3n) is 4.32. The Bertz CT molecular complexity index is 1120. The van der Waals surface area contributed by atoms with Crippen LogP contribution in [0.2, 0.25) is 0 Å². The predicted molar refractivity (Wildman–Crippen MR) is 105 cm³/mol. The summed E-state index contributed by atoms with van der Waals surface area (Å²) >= 11 is 0. The monoisotopic (exact) mass is 358 g/mol. The van der Waals surface area contributed by atoms with Crippen LogP contribution in [0.4, 0.5) is 5.69 Å². The lowest BCUT2D eigenvalue weighted by molar-refractivity contribution is 0.102. The molecule has 0 saturated heterocycles. The summed E-state index contributed by atoms with van der Waals surface area (Å²) in [6.07, 6.45) is 0. The summed E-state index contributed by atoms with van der Waals surface area (Å²) < 4.78 is 11.1. The van der Waals surface area contributed by atoms with Gasteiger partial charge in [-0.1, -0.05) is 36.4 Å². The molecule has 1 heterocycles. The molecular weight excluding hydrogens is 340 g/mol. The molecule has 0 radical (unpaired) electrons. The van der Waals surface area contributed by atoms with Crippen molar-refractivity contribution < 1.29 is 13.9 Å². The summed E-state index contributed by atoms with van der Waals surface area (Å²) in [5.41, 5.74) is 4.25. The number of nitrogens with zero attached hydrogens (tertiary/aromatic N) is 1. The van der Waals surface area contributed by atoms with Crippen molar-refractivity contribution in [1.82, 2.24) is 4.98 Å². The largest absolute Gasteiger partial charge is 0.496 e. The zero-order valence-electron chi connectivity index (χ0n) is 15.0. The summed E-state index contributed by atoms with van der Waals surface area (Å²) in [4.78, 5) is 17.1. The second-order valence-corrected chi connectivity index (χ2v) is 6.12. The summed E-state index contributed by atoms with van der Waals surface area (Å²) in [5, 5.41) is 2.92. The van der Waals surface area contributed by atoms with Gasteiger partial charge in [0.05, 0.1) is 12.8 Å². The van der Waals surface area contributed by atoms with E-state index in [9.17, 15) is 4.79 Å². The Morgan fingerprint density at radius 2 is 1.85 bits per heavy atom. The molecule has 5 heteroatoms. The first kappa shape index (κ1) is 16.8. The van der Waals surface area contributed by atoms with Gasteiger partial charge in [0.2, 0.25) is 0 Å². The van der Waals surface area contributed by atoms with Crippen molar-refractivity contribution in [1.29, 1.82) is 0 Å². The zero-order chi connectivity index (χ0) is 18.8. The number of amides is 1. The number of methoxy groups -OCH3 is 1. The molecule has 4 aromatic rings. The molecule has 0 atom stereocenters. The minimum atomic E-state index is -0.226. The van der Waals surface area contributed by atoms with Gasteiger partial charge in [-0.25, -0.2) is 4.98 Å². The lowest BCUT2D eigenvalue weighted by Crippen LogP contribution is -2.12. The number of aromatic nitrogens is 1. The third kappa shape index (κ3) is 3.27. The van der Waals surface area contributed by atoms with Gasteiger partial charge in [0.25, 0.3) is 5.91 Å². The lowest BCUT2D eigenvalue weighted by atomic mass is 10.0. The zero-order valence-corrected chi connectivity index (χ0v) is 15.0. The molecule has 4 rings (SSSR count). The number of hydrogen-bond donors (Lipinski definition) is 1. The molecule has 134 valence electrons. The van der Waals surface area contributed by atoms with Crippen LogP contribution in [-0.2, 0) is 0 Å². The maximum atomic E-state index is 12.8. The molecule has 1 amide bonds. The van der Waals surface area contributed by atoms with E-state index < -0.39 is 0 Å². The Balaban J connectivity index is 1.69. The van der Waals surface area contributed by atoms with Crippen LogP contribution in [0.25, 0.3) is 22.2 Å². The van der Waals surface area contributed by atoms with Gasteiger partial charge in [-0.2, -0.15) is 0 Å². The number of rotatable bonds is 4. The highest BCUT2D eigenvalue weighted by atomic mass is 16.5. The summed E-state index contributed by atoms with van der Waals surface area (Å²) in [5.74, 6) is 1.05. The number of anilines is 1. The molecule has 1 N–H and O–H groups in total. The van der Waals surface area contributed by atoms with Gasteiger partial charge in [-0.15, -0.1) is 0 Å². The molecule has 27 heavy (non-hydrogen) atoms. The Morgan fingerprint density at radius 3 is 2.63 bits per heavy atom. The van der Waals surface area contributed by atoms with Gasteiger partial charge in [0, 0.05) is 18.1 Å². The highest BCUT2D eigenvalue weighted by molar-refractivity contribution is 6.08. The molecule has 0 spiro atoms. The van der Waals surface area contributed by atoms with E-state index in [1.165, 1.54) is 0 Å². The third-order valence-corrected chi connectivity index (χ3v) is 4.32. The summed E-state index contributed by atoms with van der Waals surface area (Å²) in [6.45, 7) is 1.78. The minimum Gasteiger partial charge on any atom is -0.496 e. The first-order valence-corrected chi connectivity index (χ1v) is 8.56. The average molecular weight is 358 g/mol. The van der Waals surface area contributed by atoms with Crippen molar-refractivity contribution in [2.45, 2.75) is 6.92 Å². The molecule has 0 fully saturated rings. The topological polar surface area (TPSA) is 64.4 Å². The number of fused-ring (bicyclic) bond motifs is 1. The first-order valence-electron chi connectivity index (χ1n) is 8.56. The van der Waals surface area contributed by atoms with Gasteiger partial charge >= 0.3 is 0 Å². The highest BCUT2D eigenvalue weighted by Gasteiger charge is 2.14. The maximum Gasteiger partial charge on any atom is 0.255 e. The number of carbonyl (C=O) groups excluding carboxylic acids is 1. The molecule has 0 aliphatic heterocycles. The number of benzene rings is 3. The number of oxazole rings is 1. The van der Waals surface area contributed by atoms with E-state index in [-0.39, 0.29) is 5.91 Å². The molecule has 0 bridgehead atoms. The minimum absolute atomic E-state index is 0.226. The number of aryl methyl sites for hydroxylation is 1. The molecule has 0 aliphatic rings. The summed E-state index contributed by atoms with van der Waals surface area (Å²) in [6, 6.07) is 20.7. The van der Waals surface area contributed by atoms with Crippen molar-refractivity contribution in [3.63, 3.8) is 0 Å². The number of nitrogens with one attached hydrogen (secondary N) is 1. The van der Waals surface area contributed by atoms with Gasteiger partial charge in [-0.3, -0.25) is 4.79 Å². The van der Waals surface area contributed by atoms with Crippen LogP contribution in [0.3, 0.4) is 0 Å². The van der Waals surface area contributed by atoms with E-state index in [4.69, 9.17) is 9.15 Å². The van der Waals surface area contributed by atoms with Crippen LogP contribution < -0.4 is 10.1 Å². The first-order chi connectivity index (χ1) is 13.2. The van der Waals surface area contributed by atoms with E-state index in [1.807, 2.05) is 48.5 Å². The van der Waals surface area contributed by atoms with Crippen LogP contribution in [0.5, 0.6) is 5.75 Å². The van der Waals surface area contributed by atoms with E-state index in [2.05, 4.69) is 10.3 Å². The van der Waals surface area contributed by atoms with Gasteiger partial charge < -0.3 is 14.5 Å². The Kier molecular flexibility index (Phi) is 4.34. The smallest absolute Gasteiger partial charge is 0.255 e. The van der Waals surface area contributed by atoms with E-state index in [0.29, 0.717) is 34.0 Å². The molecule has 3 aromatic carbocycles. The number of carbonyl (C=O) groups is 1. The molecule has 5 nitrogen and oxygen atoms in total. The fourth-order valence-corrected chi connectivity index (χ4v) is 3.05. The molecule has 0 aliphatic carbocycles. The lowest BCUT2D eigenvalue weighted by Gasteiger charge is -2.11. The van der Waals surface area contributed by atoms with E-state index in [1.54, 1.807) is 32.2 Å².